The molecule has 0 saturated heterocycles. The van der Waals surface area contributed by atoms with Gasteiger partial charge in [0.2, 0.25) is 11.8 Å². The van der Waals surface area contributed by atoms with Crippen molar-refractivity contribution in [3.05, 3.63) is 58.4 Å². The van der Waals surface area contributed by atoms with E-state index in [1.54, 1.807) is 0 Å². The third-order valence-corrected chi connectivity index (χ3v) is 6.00. The van der Waals surface area contributed by atoms with Crippen LogP contribution in [0, 0.1) is 5.82 Å². The Morgan fingerprint density at radius 1 is 1.28 bits per heavy atom. The first-order valence-electron chi connectivity index (χ1n) is 8.42. The number of alkyl halides is 3. The lowest BCUT2D eigenvalue weighted by molar-refractivity contribution is -0.137. The van der Waals surface area contributed by atoms with Crippen LogP contribution in [-0.2, 0) is 22.3 Å². The molecule has 2 amide bonds. The summed E-state index contributed by atoms with van der Waals surface area (Å²) in [5.41, 5.74) is -0.644. The summed E-state index contributed by atoms with van der Waals surface area (Å²) in [4.78, 5) is 26.5. The number of nitrogens with one attached hydrogen (secondary N) is 1. The molecule has 2 aromatic carbocycles. The molecule has 1 atom stereocenters. The number of amides is 2. The molecule has 1 heterocycles. The van der Waals surface area contributed by atoms with Gasteiger partial charge in [-0.05, 0) is 30.3 Å². The maximum absolute atomic E-state index is 13.9. The number of carbonyl (C=O) groups excluding carboxylic acids is 2. The molecule has 2 aromatic rings. The van der Waals surface area contributed by atoms with Gasteiger partial charge in [0.1, 0.15) is 5.82 Å². The van der Waals surface area contributed by atoms with E-state index in [9.17, 15) is 27.2 Å². The Morgan fingerprint density at radius 3 is 2.66 bits per heavy atom. The molecule has 1 aliphatic heterocycles. The summed E-state index contributed by atoms with van der Waals surface area (Å²) in [6, 6.07) is 7.25. The summed E-state index contributed by atoms with van der Waals surface area (Å²) in [6.45, 7) is -0.0745. The van der Waals surface area contributed by atoms with Gasteiger partial charge >= 0.3 is 6.18 Å². The van der Waals surface area contributed by atoms with Crippen LogP contribution in [0.4, 0.5) is 23.2 Å². The lowest BCUT2D eigenvalue weighted by atomic mass is 10.1. The van der Waals surface area contributed by atoms with Crippen molar-refractivity contribution in [3.63, 3.8) is 0 Å². The molecule has 10 heteroatoms. The fourth-order valence-corrected chi connectivity index (χ4v) is 4.09. The van der Waals surface area contributed by atoms with Gasteiger partial charge in [0.15, 0.2) is 0 Å². The molecule has 29 heavy (non-hydrogen) atoms. The molecule has 0 aromatic heterocycles. The maximum Gasteiger partial charge on any atom is 0.416 e. The first-order valence-corrected chi connectivity index (χ1v) is 9.67. The minimum absolute atomic E-state index is 0.0602. The Labute approximate surface area is 173 Å². The molecule has 154 valence electrons. The molecular formula is C19H15ClF4N2O2S. The molecule has 0 fully saturated rings. The molecule has 1 unspecified atom stereocenters. The van der Waals surface area contributed by atoms with Crippen molar-refractivity contribution in [2.24, 2.45) is 0 Å². The van der Waals surface area contributed by atoms with Crippen LogP contribution in [0.15, 0.2) is 41.3 Å². The molecule has 4 nitrogen and oxygen atoms in total. The number of nitrogens with zero attached hydrogens (tertiary/aromatic N) is 1. The minimum atomic E-state index is -4.52. The highest BCUT2D eigenvalue weighted by Crippen LogP contribution is 2.40. The number of rotatable bonds is 4. The van der Waals surface area contributed by atoms with Crippen LogP contribution in [0.1, 0.15) is 17.5 Å². The van der Waals surface area contributed by atoms with Crippen molar-refractivity contribution in [1.29, 1.82) is 0 Å². The number of hydrogen-bond donors (Lipinski definition) is 1. The number of anilines is 1. The Bertz CT molecular complexity index is 947. The van der Waals surface area contributed by atoms with E-state index in [4.69, 9.17) is 11.6 Å². The molecule has 0 radical (unpaired) electrons. The monoisotopic (exact) mass is 446 g/mol. The van der Waals surface area contributed by atoms with Gasteiger partial charge in [0.05, 0.1) is 16.5 Å². The summed E-state index contributed by atoms with van der Waals surface area (Å²) in [6.07, 6.45) is -4.71. The van der Waals surface area contributed by atoms with Crippen molar-refractivity contribution < 1.29 is 27.2 Å². The van der Waals surface area contributed by atoms with Crippen molar-refractivity contribution in [1.82, 2.24) is 4.90 Å². The lowest BCUT2D eigenvalue weighted by Crippen LogP contribution is -2.35. The Balaban J connectivity index is 1.69. The van der Waals surface area contributed by atoms with E-state index in [-0.39, 0.29) is 29.2 Å². The van der Waals surface area contributed by atoms with E-state index < -0.39 is 34.6 Å². The number of carbonyl (C=O) groups is 2. The standard InChI is InChI=1S/C19H15ClF4N2O2S/c1-26(9-11-12(20)3-2-4-13(11)21)17(27)8-16-18(28)25-14-7-10(19(22,23)24)5-6-15(14)29-16/h2-7,16H,8-9H2,1H3,(H,25,28). The fraction of sp³-hybridized carbons (Fsp3) is 0.263. The average molecular weight is 447 g/mol. The Kier molecular flexibility index (Phi) is 6.09. The molecule has 0 aliphatic carbocycles. The first kappa shape index (κ1) is 21.4. The van der Waals surface area contributed by atoms with Crippen molar-refractivity contribution in [3.8, 4) is 0 Å². The van der Waals surface area contributed by atoms with Gasteiger partial charge in [0.25, 0.3) is 0 Å². The van der Waals surface area contributed by atoms with Crippen LogP contribution >= 0.6 is 23.4 Å². The molecule has 1 N–H and O–H groups in total. The topological polar surface area (TPSA) is 49.4 Å². The van der Waals surface area contributed by atoms with E-state index in [0.717, 1.165) is 23.9 Å². The van der Waals surface area contributed by atoms with Crippen molar-refractivity contribution in [2.75, 3.05) is 12.4 Å². The summed E-state index contributed by atoms with van der Waals surface area (Å²) < 4.78 is 52.4. The van der Waals surface area contributed by atoms with Gasteiger partial charge < -0.3 is 10.2 Å². The number of halogens is 5. The van der Waals surface area contributed by atoms with Crippen molar-refractivity contribution >= 4 is 40.9 Å². The molecule has 3 rings (SSSR count). The van der Waals surface area contributed by atoms with Crippen LogP contribution in [0.25, 0.3) is 0 Å². The Hall–Kier alpha value is -2.26. The zero-order valence-corrected chi connectivity index (χ0v) is 16.6. The van der Waals surface area contributed by atoms with Gasteiger partial charge in [-0.1, -0.05) is 17.7 Å². The van der Waals surface area contributed by atoms with E-state index >= 15 is 0 Å². The fourth-order valence-electron chi connectivity index (χ4n) is 2.78. The van der Waals surface area contributed by atoms with E-state index in [1.165, 1.54) is 36.2 Å². The minimum Gasteiger partial charge on any atom is -0.341 e. The largest absolute Gasteiger partial charge is 0.416 e. The van der Waals surface area contributed by atoms with Crippen LogP contribution in [-0.4, -0.2) is 29.0 Å². The van der Waals surface area contributed by atoms with Gasteiger partial charge in [-0.15, -0.1) is 11.8 Å². The third-order valence-electron chi connectivity index (χ3n) is 4.37. The second kappa shape index (κ2) is 8.23. The zero-order valence-electron chi connectivity index (χ0n) is 15.0. The van der Waals surface area contributed by atoms with E-state index in [1.807, 2.05) is 0 Å². The molecular weight excluding hydrogens is 432 g/mol. The lowest BCUT2D eigenvalue weighted by Gasteiger charge is -2.26. The van der Waals surface area contributed by atoms with Crippen LogP contribution in [0.5, 0.6) is 0 Å². The predicted molar refractivity (Wildman–Crippen MR) is 102 cm³/mol. The quantitative estimate of drug-likeness (QED) is 0.675. The van der Waals surface area contributed by atoms with Crippen LogP contribution in [0.2, 0.25) is 5.02 Å². The second-order valence-corrected chi connectivity index (χ2v) is 8.11. The number of thioether (sulfide) groups is 1. The molecule has 0 spiro atoms. The van der Waals surface area contributed by atoms with Crippen molar-refractivity contribution in [2.45, 2.75) is 29.3 Å². The third kappa shape index (κ3) is 4.84. The van der Waals surface area contributed by atoms with Gasteiger partial charge in [0, 0.05) is 35.5 Å². The number of fused-ring (bicyclic) bond motifs is 1. The normalized spacial score (nSPS) is 16.2. The highest BCUT2D eigenvalue weighted by molar-refractivity contribution is 8.01. The molecule has 0 saturated carbocycles. The van der Waals surface area contributed by atoms with Crippen LogP contribution < -0.4 is 5.32 Å². The maximum atomic E-state index is 13.9. The zero-order chi connectivity index (χ0) is 21.3. The first-order chi connectivity index (χ1) is 13.6. The summed E-state index contributed by atoms with van der Waals surface area (Å²) in [5.74, 6) is -1.53. The number of benzene rings is 2. The highest BCUT2D eigenvalue weighted by atomic mass is 35.5. The van der Waals surface area contributed by atoms with E-state index in [2.05, 4.69) is 5.32 Å². The summed E-state index contributed by atoms with van der Waals surface area (Å²) in [7, 11) is 1.46. The summed E-state index contributed by atoms with van der Waals surface area (Å²) >= 11 is 6.98. The average Bonchev–Trinajstić information content (AvgIpc) is 2.64. The van der Waals surface area contributed by atoms with Gasteiger partial charge in [-0.2, -0.15) is 13.2 Å². The smallest absolute Gasteiger partial charge is 0.341 e. The predicted octanol–water partition coefficient (Wildman–Crippen LogP) is 4.96. The SMILES string of the molecule is CN(Cc1c(F)cccc1Cl)C(=O)CC1Sc2ccc(C(F)(F)F)cc2NC1=O. The van der Waals surface area contributed by atoms with Gasteiger partial charge in [-0.25, -0.2) is 4.39 Å². The van der Waals surface area contributed by atoms with Gasteiger partial charge in [-0.3, -0.25) is 9.59 Å². The Morgan fingerprint density at radius 2 is 2.00 bits per heavy atom. The van der Waals surface area contributed by atoms with Crippen LogP contribution in [0.3, 0.4) is 0 Å². The summed E-state index contributed by atoms with van der Waals surface area (Å²) in [5, 5.41) is 1.79. The number of hydrogen-bond acceptors (Lipinski definition) is 3. The molecule has 1 aliphatic rings. The van der Waals surface area contributed by atoms with E-state index in [0.29, 0.717) is 4.90 Å². The second-order valence-electron chi connectivity index (χ2n) is 6.46. The molecule has 0 bridgehead atoms. The highest BCUT2D eigenvalue weighted by Gasteiger charge is 2.34.